The van der Waals surface area contributed by atoms with Gasteiger partial charge < -0.3 is 15.0 Å². The summed E-state index contributed by atoms with van der Waals surface area (Å²) in [5, 5.41) is 4.29. The van der Waals surface area contributed by atoms with E-state index >= 15 is 0 Å². The molecule has 104 valence electrons. The fraction of sp³-hybridized carbons (Fsp3) is 0.692. The Hall–Kier alpha value is -0.980. The van der Waals surface area contributed by atoms with Crippen molar-refractivity contribution in [3.63, 3.8) is 0 Å². The van der Waals surface area contributed by atoms with Crippen LogP contribution in [0.5, 0.6) is 0 Å². The molecule has 0 spiro atoms. The van der Waals surface area contributed by atoms with Crippen molar-refractivity contribution in [3.05, 3.63) is 16.1 Å². The monoisotopic (exact) mass is 281 g/mol. The van der Waals surface area contributed by atoms with Crippen molar-refractivity contribution < 1.29 is 9.53 Å². The average Bonchev–Trinajstić information content (AvgIpc) is 3.08. The van der Waals surface area contributed by atoms with E-state index in [1.165, 1.54) is 11.3 Å². The van der Waals surface area contributed by atoms with Crippen molar-refractivity contribution in [2.24, 2.45) is 0 Å². The van der Waals surface area contributed by atoms with Crippen molar-refractivity contribution in [3.8, 4) is 0 Å². The van der Waals surface area contributed by atoms with Gasteiger partial charge in [0.15, 0.2) is 0 Å². The highest BCUT2D eigenvalue weighted by molar-refractivity contribution is 7.13. The van der Waals surface area contributed by atoms with Gasteiger partial charge in [0.25, 0.3) is 5.91 Å². The molecule has 0 radical (unpaired) electrons. The Kier molecular flexibility index (Phi) is 3.81. The molecule has 0 aromatic carbocycles. The van der Waals surface area contributed by atoms with Crippen molar-refractivity contribution >= 4 is 17.2 Å². The standard InChI is InChI=1S/C13H19N3O2S/c1-9-8-16(5-4-14-9)13(17)11-7-15-12(19-11)10-3-2-6-18-10/h7,9-10,14H,2-6,8H2,1H3/t9-,10?/m1/s1. The normalized spacial score (nSPS) is 27.7. The minimum absolute atomic E-state index is 0.105. The topological polar surface area (TPSA) is 54.5 Å². The molecule has 6 heteroatoms. The molecule has 2 atom stereocenters. The molecule has 19 heavy (non-hydrogen) atoms. The zero-order valence-corrected chi connectivity index (χ0v) is 11.9. The minimum atomic E-state index is 0.105. The lowest BCUT2D eigenvalue weighted by Gasteiger charge is -2.31. The first kappa shape index (κ1) is 13.0. The Balaban J connectivity index is 1.69. The minimum Gasteiger partial charge on any atom is -0.371 e. The van der Waals surface area contributed by atoms with E-state index in [0.29, 0.717) is 6.04 Å². The van der Waals surface area contributed by atoms with Crippen molar-refractivity contribution in [2.75, 3.05) is 26.2 Å². The van der Waals surface area contributed by atoms with Crippen LogP contribution in [-0.2, 0) is 4.74 Å². The molecular weight excluding hydrogens is 262 g/mol. The van der Waals surface area contributed by atoms with Gasteiger partial charge >= 0.3 is 0 Å². The Morgan fingerprint density at radius 3 is 3.26 bits per heavy atom. The highest BCUT2D eigenvalue weighted by Crippen LogP contribution is 2.31. The molecule has 1 aromatic rings. The maximum Gasteiger partial charge on any atom is 0.265 e. The molecular formula is C13H19N3O2S. The van der Waals surface area contributed by atoms with Gasteiger partial charge in [-0.2, -0.15) is 0 Å². The van der Waals surface area contributed by atoms with Crippen LogP contribution in [0.3, 0.4) is 0 Å². The lowest BCUT2D eigenvalue weighted by atomic mass is 10.2. The van der Waals surface area contributed by atoms with Crippen LogP contribution < -0.4 is 5.32 Å². The zero-order chi connectivity index (χ0) is 13.2. The van der Waals surface area contributed by atoms with Gasteiger partial charge in [0.2, 0.25) is 0 Å². The number of thiazole rings is 1. The van der Waals surface area contributed by atoms with Crippen molar-refractivity contribution in [1.29, 1.82) is 0 Å². The number of amides is 1. The first-order chi connectivity index (χ1) is 9.24. The van der Waals surface area contributed by atoms with Crippen LogP contribution in [0.15, 0.2) is 6.20 Å². The Morgan fingerprint density at radius 2 is 2.53 bits per heavy atom. The molecule has 1 N–H and O–H groups in total. The summed E-state index contributed by atoms with van der Waals surface area (Å²) in [6, 6.07) is 0.364. The van der Waals surface area contributed by atoms with Crippen LogP contribution in [0.1, 0.15) is 40.5 Å². The van der Waals surface area contributed by atoms with Crippen LogP contribution >= 0.6 is 11.3 Å². The third-order valence-corrected chi connectivity index (χ3v) is 4.67. The molecule has 3 heterocycles. The Bertz CT molecular complexity index is 456. The summed E-state index contributed by atoms with van der Waals surface area (Å²) in [6.45, 7) is 5.32. The Morgan fingerprint density at radius 1 is 1.63 bits per heavy atom. The van der Waals surface area contributed by atoms with Crippen LogP contribution in [0.2, 0.25) is 0 Å². The predicted molar refractivity (Wildman–Crippen MR) is 73.4 cm³/mol. The van der Waals surface area contributed by atoms with Gasteiger partial charge in [0.05, 0.1) is 6.20 Å². The van der Waals surface area contributed by atoms with Crippen LogP contribution in [0.25, 0.3) is 0 Å². The zero-order valence-electron chi connectivity index (χ0n) is 11.1. The average molecular weight is 281 g/mol. The Labute approximate surface area is 117 Å². The maximum absolute atomic E-state index is 12.4. The number of nitrogens with zero attached hydrogens (tertiary/aromatic N) is 2. The summed E-state index contributed by atoms with van der Waals surface area (Å²) in [5.74, 6) is 0.107. The van der Waals surface area contributed by atoms with E-state index < -0.39 is 0 Å². The number of nitrogens with one attached hydrogen (secondary N) is 1. The fourth-order valence-corrected chi connectivity index (χ4v) is 3.55. The van der Waals surface area contributed by atoms with Gasteiger partial charge in [-0.15, -0.1) is 11.3 Å². The lowest BCUT2D eigenvalue weighted by molar-refractivity contribution is 0.0714. The van der Waals surface area contributed by atoms with E-state index in [1.54, 1.807) is 6.20 Å². The van der Waals surface area contributed by atoms with Gasteiger partial charge in [0.1, 0.15) is 16.0 Å². The summed E-state index contributed by atoms with van der Waals surface area (Å²) >= 11 is 1.49. The molecule has 1 unspecified atom stereocenters. The maximum atomic E-state index is 12.4. The molecule has 2 fully saturated rings. The summed E-state index contributed by atoms with van der Waals surface area (Å²) in [7, 11) is 0. The number of aromatic nitrogens is 1. The van der Waals surface area contributed by atoms with Gasteiger partial charge in [-0.3, -0.25) is 4.79 Å². The third-order valence-electron chi connectivity index (χ3n) is 3.60. The second kappa shape index (κ2) is 5.56. The quantitative estimate of drug-likeness (QED) is 0.891. The van der Waals surface area contributed by atoms with Gasteiger partial charge in [-0.05, 0) is 19.8 Å². The van der Waals surface area contributed by atoms with Crippen LogP contribution in [0.4, 0.5) is 0 Å². The SMILES string of the molecule is C[C@@H]1CN(C(=O)c2cnc(C3CCCO3)s2)CCN1. The second-order valence-electron chi connectivity index (χ2n) is 5.17. The van der Waals surface area contributed by atoms with Gasteiger partial charge in [-0.1, -0.05) is 0 Å². The summed E-state index contributed by atoms with van der Waals surface area (Å²) < 4.78 is 5.61. The molecule has 1 aromatic heterocycles. The molecule has 2 saturated heterocycles. The number of ether oxygens (including phenoxy) is 1. The highest BCUT2D eigenvalue weighted by atomic mass is 32.1. The molecule has 2 aliphatic rings. The molecule has 3 rings (SSSR count). The number of carbonyl (C=O) groups excluding carboxylic acids is 1. The molecule has 5 nitrogen and oxygen atoms in total. The van der Waals surface area contributed by atoms with Crippen molar-refractivity contribution in [1.82, 2.24) is 15.2 Å². The molecule has 0 saturated carbocycles. The van der Waals surface area contributed by atoms with Gasteiger partial charge in [0, 0.05) is 32.3 Å². The van der Waals surface area contributed by atoms with Crippen LogP contribution in [-0.4, -0.2) is 48.1 Å². The first-order valence-corrected chi connectivity index (χ1v) is 7.65. The number of hydrogen-bond donors (Lipinski definition) is 1. The van der Waals surface area contributed by atoms with E-state index in [1.807, 2.05) is 4.90 Å². The fourth-order valence-electron chi connectivity index (χ4n) is 2.58. The molecule has 0 aliphatic carbocycles. The van der Waals surface area contributed by atoms with Crippen LogP contribution in [0, 0.1) is 0 Å². The van der Waals surface area contributed by atoms with E-state index in [4.69, 9.17) is 4.74 Å². The second-order valence-corrected chi connectivity index (χ2v) is 6.23. The number of carbonyl (C=O) groups is 1. The number of piperazine rings is 1. The summed E-state index contributed by atoms with van der Waals surface area (Å²) in [4.78, 5) is 19.4. The third kappa shape index (κ3) is 2.80. The predicted octanol–water partition coefficient (Wildman–Crippen LogP) is 1.43. The van der Waals surface area contributed by atoms with E-state index in [0.717, 1.165) is 49.0 Å². The smallest absolute Gasteiger partial charge is 0.265 e. The molecule has 2 aliphatic heterocycles. The number of hydrogen-bond acceptors (Lipinski definition) is 5. The van der Waals surface area contributed by atoms with Gasteiger partial charge in [-0.25, -0.2) is 4.98 Å². The number of rotatable bonds is 2. The van der Waals surface area contributed by atoms with E-state index in [-0.39, 0.29) is 12.0 Å². The van der Waals surface area contributed by atoms with E-state index in [9.17, 15) is 4.79 Å². The highest BCUT2D eigenvalue weighted by Gasteiger charge is 2.26. The van der Waals surface area contributed by atoms with Crippen molar-refractivity contribution in [2.45, 2.75) is 31.9 Å². The first-order valence-electron chi connectivity index (χ1n) is 6.84. The summed E-state index contributed by atoms with van der Waals surface area (Å²) in [5.41, 5.74) is 0. The molecule has 0 bridgehead atoms. The largest absolute Gasteiger partial charge is 0.371 e. The lowest BCUT2D eigenvalue weighted by Crippen LogP contribution is -2.51. The van der Waals surface area contributed by atoms with E-state index in [2.05, 4.69) is 17.2 Å². The summed E-state index contributed by atoms with van der Waals surface area (Å²) in [6.07, 6.45) is 3.92. The molecule has 1 amide bonds.